The maximum absolute atomic E-state index is 12.9. The third-order valence-electron chi connectivity index (χ3n) is 4.52. The van der Waals surface area contributed by atoms with Gasteiger partial charge in [-0.05, 0) is 36.2 Å². The highest BCUT2D eigenvalue weighted by Crippen LogP contribution is 2.23. The van der Waals surface area contributed by atoms with E-state index in [9.17, 15) is 9.18 Å². The number of carbonyl (C=O) groups is 1. The van der Waals surface area contributed by atoms with E-state index in [2.05, 4.69) is 15.0 Å². The molecule has 1 aliphatic rings. The van der Waals surface area contributed by atoms with Gasteiger partial charge in [-0.25, -0.2) is 19.2 Å². The third-order valence-corrected chi connectivity index (χ3v) is 4.52. The van der Waals surface area contributed by atoms with Gasteiger partial charge in [0.15, 0.2) is 5.65 Å². The molecule has 3 heterocycles. The molecule has 0 unspecified atom stereocenters. The first-order chi connectivity index (χ1) is 13.1. The SMILES string of the molecule is Cc1ccnc2nc([C@@H]3CN(C(=O)OCc4ccc(F)cc4)CCO3)[nH]c12. The molecule has 0 spiro atoms. The summed E-state index contributed by atoms with van der Waals surface area (Å²) in [7, 11) is 0. The second-order valence-corrected chi connectivity index (χ2v) is 6.43. The lowest BCUT2D eigenvalue weighted by molar-refractivity contribution is -0.0330. The number of rotatable bonds is 3. The summed E-state index contributed by atoms with van der Waals surface area (Å²) in [5.74, 6) is 0.319. The van der Waals surface area contributed by atoms with E-state index in [0.29, 0.717) is 31.2 Å². The van der Waals surface area contributed by atoms with Gasteiger partial charge in [0.05, 0.1) is 18.7 Å². The van der Waals surface area contributed by atoms with Crippen LogP contribution in [0.3, 0.4) is 0 Å². The maximum Gasteiger partial charge on any atom is 0.410 e. The zero-order valence-corrected chi connectivity index (χ0v) is 14.8. The minimum Gasteiger partial charge on any atom is -0.445 e. The van der Waals surface area contributed by atoms with Crippen molar-refractivity contribution in [3.63, 3.8) is 0 Å². The van der Waals surface area contributed by atoms with Crippen LogP contribution in [0.5, 0.6) is 0 Å². The Morgan fingerprint density at radius 2 is 2.19 bits per heavy atom. The highest BCUT2D eigenvalue weighted by atomic mass is 19.1. The van der Waals surface area contributed by atoms with E-state index in [0.717, 1.165) is 16.6 Å². The number of pyridine rings is 1. The molecule has 1 N–H and O–H groups in total. The second-order valence-electron chi connectivity index (χ2n) is 6.43. The van der Waals surface area contributed by atoms with E-state index in [1.807, 2.05) is 13.0 Å². The second kappa shape index (κ2) is 7.32. The fourth-order valence-corrected chi connectivity index (χ4v) is 3.00. The lowest BCUT2D eigenvalue weighted by atomic mass is 10.2. The molecule has 140 valence electrons. The number of hydrogen-bond donors (Lipinski definition) is 1. The first-order valence-corrected chi connectivity index (χ1v) is 8.69. The van der Waals surface area contributed by atoms with Crippen LogP contribution < -0.4 is 0 Å². The van der Waals surface area contributed by atoms with Gasteiger partial charge < -0.3 is 19.4 Å². The van der Waals surface area contributed by atoms with Gasteiger partial charge in [-0.15, -0.1) is 0 Å². The molecule has 1 atom stereocenters. The molecule has 3 aromatic rings. The number of aromatic nitrogens is 3. The number of H-pyrrole nitrogens is 1. The number of ether oxygens (including phenoxy) is 2. The number of aryl methyl sites for hydroxylation is 1. The van der Waals surface area contributed by atoms with Crippen molar-refractivity contribution in [2.24, 2.45) is 0 Å². The highest BCUT2D eigenvalue weighted by Gasteiger charge is 2.28. The summed E-state index contributed by atoms with van der Waals surface area (Å²) in [5.41, 5.74) is 3.27. The largest absolute Gasteiger partial charge is 0.445 e. The van der Waals surface area contributed by atoms with Gasteiger partial charge in [0.25, 0.3) is 0 Å². The van der Waals surface area contributed by atoms with Crippen LogP contribution in [-0.4, -0.2) is 45.6 Å². The third kappa shape index (κ3) is 3.75. The Hall–Kier alpha value is -3.00. The van der Waals surface area contributed by atoms with Crippen molar-refractivity contribution in [2.75, 3.05) is 19.7 Å². The normalized spacial score (nSPS) is 17.3. The van der Waals surface area contributed by atoms with Crippen molar-refractivity contribution in [2.45, 2.75) is 19.6 Å². The van der Waals surface area contributed by atoms with Crippen LogP contribution in [0.2, 0.25) is 0 Å². The van der Waals surface area contributed by atoms with Crippen LogP contribution in [0.25, 0.3) is 11.2 Å². The molecule has 1 aromatic carbocycles. The van der Waals surface area contributed by atoms with E-state index >= 15 is 0 Å². The van der Waals surface area contributed by atoms with Crippen molar-refractivity contribution >= 4 is 17.3 Å². The molecular weight excluding hydrogens is 351 g/mol. The van der Waals surface area contributed by atoms with E-state index in [1.165, 1.54) is 12.1 Å². The van der Waals surface area contributed by atoms with Gasteiger partial charge in [-0.3, -0.25) is 0 Å². The Bertz CT molecular complexity index is 957. The zero-order valence-electron chi connectivity index (χ0n) is 14.8. The Morgan fingerprint density at radius 1 is 1.37 bits per heavy atom. The minimum atomic E-state index is -0.432. The molecule has 2 aromatic heterocycles. The lowest BCUT2D eigenvalue weighted by Gasteiger charge is -2.31. The minimum absolute atomic E-state index is 0.0922. The molecular formula is C19H19FN4O3. The molecule has 1 amide bonds. The predicted molar refractivity (Wildman–Crippen MR) is 95.5 cm³/mol. The Labute approximate surface area is 155 Å². The first-order valence-electron chi connectivity index (χ1n) is 8.69. The lowest BCUT2D eigenvalue weighted by Crippen LogP contribution is -2.42. The fraction of sp³-hybridized carbons (Fsp3) is 0.316. The number of carbonyl (C=O) groups excluding carboxylic acids is 1. The number of fused-ring (bicyclic) bond motifs is 1. The molecule has 4 rings (SSSR count). The molecule has 0 aliphatic carbocycles. The molecule has 7 nitrogen and oxygen atoms in total. The smallest absolute Gasteiger partial charge is 0.410 e. The predicted octanol–water partition coefficient (Wildman–Crippen LogP) is 3.12. The number of nitrogens with zero attached hydrogens (tertiary/aromatic N) is 3. The Balaban J connectivity index is 1.41. The van der Waals surface area contributed by atoms with Crippen molar-refractivity contribution in [1.82, 2.24) is 19.9 Å². The van der Waals surface area contributed by atoms with Gasteiger partial charge in [-0.1, -0.05) is 12.1 Å². The summed E-state index contributed by atoms with van der Waals surface area (Å²) in [5, 5.41) is 0. The number of imidazole rings is 1. The van der Waals surface area contributed by atoms with Gasteiger partial charge >= 0.3 is 6.09 Å². The van der Waals surface area contributed by atoms with Crippen LogP contribution in [0.1, 0.15) is 23.1 Å². The zero-order chi connectivity index (χ0) is 18.8. The summed E-state index contributed by atoms with van der Waals surface area (Å²) in [4.78, 5) is 25.9. The van der Waals surface area contributed by atoms with E-state index in [1.54, 1.807) is 23.2 Å². The number of morpholine rings is 1. The number of amides is 1. The molecule has 8 heteroatoms. The highest BCUT2D eigenvalue weighted by molar-refractivity contribution is 5.74. The van der Waals surface area contributed by atoms with Crippen LogP contribution in [-0.2, 0) is 16.1 Å². The van der Waals surface area contributed by atoms with E-state index in [-0.39, 0.29) is 18.5 Å². The van der Waals surface area contributed by atoms with Gasteiger partial charge in [0.2, 0.25) is 0 Å². The van der Waals surface area contributed by atoms with Crippen LogP contribution in [0, 0.1) is 12.7 Å². The quantitative estimate of drug-likeness (QED) is 0.766. The van der Waals surface area contributed by atoms with Crippen molar-refractivity contribution in [3.05, 3.63) is 59.3 Å². The fourth-order valence-electron chi connectivity index (χ4n) is 3.00. The molecule has 0 radical (unpaired) electrons. The molecule has 1 fully saturated rings. The molecule has 0 bridgehead atoms. The molecule has 0 saturated carbocycles. The van der Waals surface area contributed by atoms with Gasteiger partial charge in [0.1, 0.15) is 24.4 Å². The Morgan fingerprint density at radius 3 is 2.96 bits per heavy atom. The Kier molecular flexibility index (Phi) is 4.72. The van der Waals surface area contributed by atoms with E-state index in [4.69, 9.17) is 9.47 Å². The topological polar surface area (TPSA) is 80.3 Å². The molecule has 1 aliphatic heterocycles. The van der Waals surface area contributed by atoms with Crippen molar-refractivity contribution in [1.29, 1.82) is 0 Å². The summed E-state index contributed by atoms with van der Waals surface area (Å²) < 4.78 is 24.1. The molecule has 1 saturated heterocycles. The summed E-state index contributed by atoms with van der Waals surface area (Å²) >= 11 is 0. The van der Waals surface area contributed by atoms with Crippen molar-refractivity contribution in [3.8, 4) is 0 Å². The maximum atomic E-state index is 12.9. The summed E-state index contributed by atoms with van der Waals surface area (Å²) in [6.07, 6.45) is 0.909. The number of halogens is 1. The number of benzene rings is 1. The number of nitrogens with one attached hydrogen (secondary N) is 1. The van der Waals surface area contributed by atoms with E-state index < -0.39 is 6.09 Å². The van der Waals surface area contributed by atoms with Crippen molar-refractivity contribution < 1.29 is 18.7 Å². The van der Waals surface area contributed by atoms with Crippen LogP contribution in [0.15, 0.2) is 36.5 Å². The van der Waals surface area contributed by atoms with Gasteiger partial charge in [-0.2, -0.15) is 0 Å². The van der Waals surface area contributed by atoms with Gasteiger partial charge in [0, 0.05) is 12.7 Å². The average Bonchev–Trinajstić information content (AvgIpc) is 3.13. The number of hydrogen-bond acceptors (Lipinski definition) is 5. The summed E-state index contributed by atoms with van der Waals surface area (Å²) in [6.45, 7) is 3.23. The summed E-state index contributed by atoms with van der Waals surface area (Å²) in [6, 6.07) is 7.77. The number of aromatic amines is 1. The first kappa shape index (κ1) is 17.4. The average molecular weight is 370 g/mol. The molecule has 27 heavy (non-hydrogen) atoms. The van der Waals surface area contributed by atoms with Crippen LogP contribution in [0.4, 0.5) is 9.18 Å². The monoisotopic (exact) mass is 370 g/mol. The standard InChI is InChI=1S/C19H19FN4O3/c1-12-6-7-21-18-16(12)22-17(23-18)15-10-24(8-9-26-15)19(25)27-11-13-2-4-14(20)5-3-13/h2-7,15H,8-11H2,1H3,(H,21,22,23)/t15-/m0/s1. The van der Waals surface area contributed by atoms with Crippen LogP contribution >= 0.6 is 0 Å².